The van der Waals surface area contributed by atoms with Crippen molar-refractivity contribution >= 4 is 5.97 Å². The SMILES string of the molecule is CC(CN(CCN(C)C)CC(=O)O)c1ccccc1. The van der Waals surface area contributed by atoms with E-state index < -0.39 is 5.97 Å². The zero-order valence-electron chi connectivity index (χ0n) is 12.0. The predicted octanol–water partition coefficient (Wildman–Crippen LogP) is 1.74. The topological polar surface area (TPSA) is 43.8 Å². The van der Waals surface area contributed by atoms with Gasteiger partial charge >= 0.3 is 5.97 Å². The van der Waals surface area contributed by atoms with Crippen LogP contribution in [-0.2, 0) is 4.79 Å². The Hall–Kier alpha value is -1.39. The van der Waals surface area contributed by atoms with Crippen LogP contribution in [0.1, 0.15) is 18.4 Å². The maximum Gasteiger partial charge on any atom is 0.317 e. The van der Waals surface area contributed by atoms with Crippen LogP contribution in [0.25, 0.3) is 0 Å². The molecular weight excluding hydrogens is 240 g/mol. The van der Waals surface area contributed by atoms with Crippen molar-refractivity contribution in [2.75, 3.05) is 40.3 Å². The molecule has 0 radical (unpaired) electrons. The van der Waals surface area contributed by atoms with Gasteiger partial charge in [-0.2, -0.15) is 0 Å². The molecule has 1 aromatic rings. The number of carbonyl (C=O) groups is 1. The molecular formula is C15H24N2O2. The van der Waals surface area contributed by atoms with Gasteiger partial charge in [0.15, 0.2) is 0 Å². The van der Waals surface area contributed by atoms with Crippen molar-refractivity contribution in [3.63, 3.8) is 0 Å². The third kappa shape index (κ3) is 6.36. The second-order valence-electron chi connectivity index (χ2n) is 5.24. The van der Waals surface area contributed by atoms with E-state index in [4.69, 9.17) is 5.11 Å². The zero-order chi connectivity index (χ0) is 14.3. The highest BCUT2D eigenvalue weighted by Gasteiger charge is 2.14. The largest absolute Gasteiger partial charge is 0.480 e. The van der Waals surface area contributed by atoms with Crippen molar-refractivity contribution in [3.8, 4) is 0 Å². The Morgan fingerprint density at radius 3 is 2.37 bits per heavy atom. The summed E-state index contributed by atoms with van der Waals surface area (Å²) in [7, 11) is 4.00. The molecule has 4 nitrogen and oxygen atoms in total. The molecule has 106 valence electrons. The molecule has 0 saturated heterocycles. The van der Waals surface area contributed by atoms with E-state index in [1.165, 1.54) is 5.56 Å². The fourth-order valence-electron chi connectivity index (χ4n) is 2.04. The second kappa shape index (κ2) is 7.92. The number of rotatable bonds is 8. The molecule has 0 heterocycles. The van der Waals surface area contributed by atoms with Crippen LogP contribution in [0.2, 0.25) is 0 Å². The van der Waals surface area contributed by atoms with Crippen molar-refractivity contribution in [2.45, 2.75) is 12.8 Å². The summed E-state index contributed by atoms with van der Waals surface area (Å²) in [5.74, 6) is -0.429. The second-order valence-corrected chi connectivity index (χ2v) is 5.24. The molecule has 0 aromatic heterocycles. The van der Waals surface area contributed by atoms with Gasteiger partial charge in [-0.25, -0.2) is 0 Å². The van der Waals surface area contributed by atoms with E-state index in [0.29, 0.717) is 5.92 Å². The van der Waals surface area contributed by atoms with E-state index in [1.807, 2.05) is 37.2 Å². The van der Waals surface area contributed by atoms with Crippen LogP contribution < -0.4 is 0 Å². The average molecular weight is 264 g/mol. The number of hydrogen-bond acceptors (Lipinski definition) is 3. The summed E-state index contributed by atoms with van der Waals surface area (Å²) >= 11 is 0. The Labute approximate surface area is 115 Å². The summed E-state index contributed by atoms with van der Waals surface area (Å²) in [6.45, 7) is 4.65. The fourth-order valence-corrected chi connectivity index (χ4v) is 2.04. The van der Waals surface area contributed by atoms with Crippen LogP contribution in [0.4, 0.5) is 0 Å². The van der Waals surface area contributed by atoms with Crippen LogP contribution in [0.3, 0.4) is 0 Å². The Morgan fingerprint density at radius 1 is 1.21 bits per heavy atom. The molecule has 0 aliphatic rings. The summed E-state index contributed by atoms with van der Waals surface area (Å²) in [6.07, 6.45) is 0. The lowest BCUT2D eigenvalue weighted by atomic mass is 10.0. The molecule has 4 heteroatoms. The van der Waals surface area contributed by atoms with E-state index in [9.17, 15) is 4.79 Å². The van der Waals surface area contributed by atoms with Crippen molar-refractivity contribution in [2.24, 2.45) is 0 Å². The maximum absolute atomic E-state index is 10.9. The number of carboxylic acid groups (broad SMARTS) is 1. The van der Waals surface area contributed by atoms with Gasteiger partial charge in [0.1, 0.15) is 0 Å². The van der Waals surface area contributed by atoms with Gasteiger partial charge in [0.2, 0.25) is 0 Å². The first-order chi connectivity index (χ1) is 8.99. The van der Waals surface area contributed by atoms with Crippen LogP contribution in [-0.4, -0.2) is 61.2 Å². The lowest BCUT2D eigenvalue weighted by Gasteiger charge is -2.25. The minimum absolute atomic E-state index is 0.102. The number of aliphatic carboxylic acids is 1. The van der Waals surface area contributed by atoms with E-state index in [0.717, 1.165) is 19.6 Å². The molecule has 0 fully saturated rings. The monoisotopic (exact) mass is 264 g/mol. The summed E-state index contributed by atoms with van der Waals surface area (Å²) in [6, 6.07) is 10.2. The Kier molecular flexibility index (Phi) is 6.53. The highest BCUT2D eigenvalue weighted by molar-refractivity contribution is 5.69. The van der Waals surface area contributed by atoms with Crippen molar-refractivity contribution in [1.82, 2.24) is 9.80 Å². The molecule has 19 heavy (non-hydrogen) atoms. The molecule has 0 aliphatic heterocycles. The summed E-state index contributed by atoms with van der Waals surface area (Å²) in [5, 5.41) is 8.98. The zero-order valence-corrected chi connectivity index (χ0v) is 12.0. The molecule has 0 amide bonds. The van der Waals surface area contributed by atoms with Gasteiger partial charge < -0.3 is 10.0 Å². The molecule has 1 rings (SSSR count). The highest BCUT2D eigenvalue weighted by atomic mass is 16.4. The first-order valence-corrected chi connectivity index (χ1v) is 6.63. The van der Waals surface area contributed by atoms with Crippen molar-refractivity contribution in [3.05, 3.63) is 35.9 Å². The number of hydrogen-bond donors (Lipinski definition) is 1. The predicted molar refractivity (Wildman–Crippen MR) is 77.5 cm³/mol. The van der Waals surface area contributed by atoms with Gasteiger partial charge in [-0.3, -0.25) is 9.69 Å². The van der Waals surface area contributed by atoms with E-state index >= 15 is 0 Å². The number of likely N-dealkylation sites (N-methyl/N-ethyl adjacent to an activating group) is 1. The van der Waals surface area contributed by atoms with Crippen molar-refractivity contribution in [1.29, 1.82) is 0 Å². The molecule has 1 atom stereocenters. The highest BCUT2D eigenvalue weighted by Crippen LogP contribution is 2.15. The fraction of sp³-hybridized carbons (Fsp3) is 0.533. The molecule has 0 aliphatic carbocycles. The van der Waals surface area contributed by atoms with Crippen LogP contribution >= 0.6 is 0 Å². The van der Waals surface area contributed by atoms with Crippen molar-refractivity contribution < 1.29 is 9.90 Å². The molecule has 1 aromatic carbocycles. The average Bonchev–Trinajstić information content (AvgIpc) is 2.36. The lowest BCUT2D eigenvalue weighted by molar-refractivity contribution is -0.138. The maximum atomic E-state index is 10.9. The summed E-state index contributed by atoms with van der Waals surface area (Å²) < 4.78 is 0. The van der Waals surface area contributed by atoms with E-state index in [-0.39, 0.29) is 6.54 Å². The number of benzene rings is 1. The lowest BCUT2D eigenvalue weighted by Crippen LogP contribution is -2.37. The quantitative estimate of drug-likeness (QED) is 0.776. The van der Waals surface area contributed by atoms with Gasteiger partial charge in [-0.1, -0.05) is 37.3 Å². The standard InChI is InChI=1S/C15H24N2O2/c1-13(14-7-5-4-6-8-14)11-17(12-15(18)19)10-9-16(2)3/h4-8,13H,9-12H2,1-3H3,(H,18,19). The van der Waals surface area contributed by atoms with Crippen LogP contribution in [0.15, 0.2) is 30.3 Å². The first kappa shape index (κ1) is 15.7. The van der Waals surface area contributed by atoms with E-state index in [2.05, 4.69) is 24.0 Å². The molecule has 0 bridgehead atoms. The third-order valence-corrected chi connectivity index (χ3v) is 3.12. The summed E-state index contributed by atoms with van der Waals surface area (Å²) in [4.78, 5) is 15.0. The third-order valence-electron chi connectivity index (χ3n) is 3.12. The smallest absolute Gasteiger partial charge is 0.317 e. The Bertz CT molecular complexity index is 379. The van der Waals surface area contributed by atoms with Gasteiger partial charge in [-0.15, -0.1) is 0 Å². The van der Waals surface area contributed by atoms with E-state index in [1.54, 1.807) is 0 Å². The normalized spacial score (nSPS) is 12.9. The summed E-state index contributed by atoms with van der Waals surface area (Å²) in [5.41, 5.74) is 1.25. The molecule has 0 saturated carbocycles. The van der Waals surface area contributed by atoms with Gasteiger partial charge in [0.05, 0.1) is 6.54 Å². The molecule has 1 unspecified atom stereocenters. The minimum atomic E-state index is -0.765. The number of carboxylic acids is 1. The molecule has 1 N–H and O–H groups in total. The molecule has 0 spiro atoms. The van der Waals surface area contributed by atoms with Gasteiger partial charge in [-0.05, 0) is 25.6 Å². The Balaban J connectivity index is 2.57. The van der Waals surface area contributed by atoms with Gasteiger partial charge in [0.25, 0.3) is 0 Å². The number of nitrogens with zero attached hydrogens (tertiary/aromatic N) is 2. The minimum Gasteiger partial charge on any atom is -0.480 e. The van der Waals surface area contributed by atoms with Crippen LogP contribution in [0, 0.1) is 0 Å². The Morgan fingerprint density at radius 2 is 1.84 bits per heavy atom. The van der Waals surface area contributed by atoms with Crippen LogP contribution in [0.5, 0.6) is 0 Å². The van der Waals surface area contributed by atoms with Gasteiger partial charge in [0, 0.05) is 19.6 Å². The first-order valence-electron chi connectivity index (χ1n) is 6.63.